The van der Waals surface area contributed by atoms with Gasteiger partial charge < -0.3 is 0 Å². The van der Waals surface area contributed by atoms with E-state index in [1.54, 1.807) is 0 Å². The van der Waals surface area contributed by atoms with E-state index in [2.05, 4.69) is 64.4 Å². The molecule has 0 radical (unpaired) electrons. The molecular weight excluding hydrogens is 619 g/mol. The first-order chi connectivity index (χ1) is 17.1. The summed E-state index contributed by atoms with van der Waals surface area (Å²) < 4.78 is 14.5. The number of benzene rings is 3. The number of allylic oxidation sites excluding steroid dienone is 1. The summed E-state index contributed by atoms with van der Waals surface area (Å²) in [6.45, 7) is 0. The van der Waals surface area contributed by atoms with Gasteiger partial charge in [-0.2, -0.15) is 0 Å². The third-order valence-corrected chi connectivity index (χ3v) is 12.3. The Morgan fingerprint density at radius 3 is 2.21 bits per heavy atom. The van der Waals surface area contributed by atoms with Gasteiger partial charge in [0.1, 0.15) is 0 Å². The number of para-hydroxylation sites is 2. The van der Waals surface area contributed by atoms with Crippen molar-refractivity contribution in [2.24, 2.45) is 0 Å². The summed E-state index contributed by atoms with van der Waals surface area (Å²) in [7, 11) is 0. The standard InChI is InChI=1S/C28H15NO2Se3/c30-27-18-13-16-11-12-32-25(16)15-19(18)28(31)20(27)14-17-9-10-26(33-17)29-21-5-1-3-7-23(21)34-24-8-4-2-6-22(24)29/h1-15H/b20-14+/i14D. The molecule has 0 atom stereocenters. The Hall–Kier alpha value is -2.68. The van der Waals surface area contributed by atoms with Crippen LogP contribution in [0, 0.1) is 0 Å². The van der Waals surface area contributed by atoms with Crippen LogP contribution in [0.4, 0.5) is 15.9 Å². The first-order valence-corrected chi connectivity index (χ1v) is 15.9. The van der Waals surface area contributed by atoms with E-state index in [0.29, 0.717) is 11.1 Å². The molecule has 3 heterocycles. The average Bonchev–Trinajstić information content (AvgIpc) is 3.60. The van der Waals surface area contributed by atoms with Crippen LogP contribution in [0.3, 0.4) is 0 Å². The Balaban J connectivity index is 1.33. The molecule has 0 amide bonds. The molecule has 5 aromatic rings. The minimum absolute atomic E-state index is 0.0192. The first-order valence-electron chi connectivity index (χ1n) is 11.2. The zero-order valence-electron chi connectivity index (χ0n) is 18.6. The number of carbonyl (C=O) groups excluding carboxylic acids is 2. The molecule has 3 aromatic carbocycles. The van der Waals surface area contributed by atoms with E-state index in [1.807, 2.05) is 24.3 Å². The van der Waals surface area contributed by atoms with Crippen LogP contribution in [-0.4, -0.2) is 55.5 Å². The number of anilines is 3. The SMILES string of the molecule is [2H]/C(=C1/C(=O)c2cc3cc[se]c3cc2C1=O)c1ccc(N2c3ccccc3[Se]c3ccccc32)[se]1. The van der Waals surface area contributed by atoms with Crippen molar-refractivity contribution < 1.29 is 11.0 Å². The van der Waals surface area contributed by atoms with E-state index in [0.717, 1.165) is 18.6 Å². The molecule has 2 aliphatic rings. The van der Waals surface area contributed by atoms with Crippen LogP contribution in [0.15, 0.2) is 89.4 Å². The number of carbonyl (C=O) groups is 2. The Labute approximate surface area is 215 Å². The molecule has 1 aliphatic carbocycles. The summed E-state index contributed by atoms with van der Waals surface area (Å²) in [5.41, 5.74) is 3.28. The summed E-state index contributed by atoms with van der Waals surface area (Å²) in [6.07, 6.45) is 0. The van der Waals surface area contributed by atoms with Gasteiger partial charge in [0.2, 0.25) is 0 Å². The maximum absolute atomic E-state index is 13.3. The summed E-state index contributed by atoms with van der Waals surface area (Å²) in [4.78, 5) is 30.9. The third kappa shape index (κ3) is 3.16. The molecule has 0 saturated heterocycles. The van der Waals surface area contributed by atoms with Crippen LogP contribution < -0.4 is 13.8 Å². The maximum atomic E-state index is 13.3. The fourth-order valence-corrected chi connectivity index (χ4v) is 10.3. The molecule has 0 saturated carbocycles. The fraction of sp³-hybridized carbons (Fsp3) is 0. The number of Topliss-reactive ketones (excluding diaryl/α,β-unsaturated/α-hetero) is 2. The Bertz CT molecular complexity index is 1650. The quantitative estimate of drug-likeness (QED) is 0.165. The zero-order valence-corrected chi connectivity index (χ0v) is 22.7. The molecule has 0 bridgehead atoms. The minimum atomic E-state index is -0.313. The van der Waals surface area contributed by atoms with Crippen molar-refractivity contribution in [3.05, 3.63) is 105 Å². The second kappa shape index (κ2) is 7.93. The van der Waals surface area contributed by atoms with Crippen molar-refractivity contribution in [2.45, 2.75) is 0 Å². The molecule has 6 heteroatoms. The number of rotatable bonds is 2. The van der Waals surface area contributed by atoms with E-state index in [-0.39, 0.29) is 67.2 Å². The molecule has 0 N–H and O–H groups in total. The Kier molecular flexibility index (Phi) is 4.57. The number of hydrogen-bond donors (Lipinski definition) is 0. The summed E-state index contributed by atoms with van der Waals surface area (Å²) >= 11 is 0.222. The number of nitrogens with zero attached hydrogens (tertiary/aromatic N) is 1. The molecular formula is C28H15NO2Se3. The second-order valence-electron chi connectivity index (χ2n) is 8.03. The predicted molar refractivity (Wildman–Crippen MR) is 141 cm³/mol. The van der Waals surface area contributed by atoms with Crippen molar-refractivity contribution in [3.63, 3.8) is 0 Å². The summed E-state index contributed by atoms with van der Waals surface area (Å²) in [6, 6.07) is 26.7. The predicted octanol–water partition coefficient (Wildman–Crippen LogP) is 3.85. The van der Waals surface area contributed by atoms with Crippen molar-refractivity contribution in [3.8, 4) is 0 Å². The van der Waals surface area contributed by atoms with Gasteiger partial charge in [-0.05, 0) is 0 Å². The van der Waals surface area contributed by atoms with Crippen LogP contribution in [0.1, 0.15) is 26.5 Å². The van der Waals surface area contributed by atoms with Gasteiger partial charge in [0.15, 0.2) is 0 Å². The second-order valence-corrected chi connectivity index (χ2v) is 14.5. The topological polar surface area (TPSA) is 37.4 Å². The zero-order chi connectivity index (χ0) is 23.7. The molecule has 7 rings (SSSR count). The van der Waals surface area contributed by atoms with Gasteiger partial charge in [0, 0.05) is 0 Å². The molecule has 162 valence electrons. The molecule has 0 fully saturated rings. The fourth-order valence-electron chi connectivity index (χ4n) is 4.45. The van der Waals surface area contributed by atoms with E-state index in [4.69, 9.17) is 1.37 Å². The molecule has 0 spiro atoms. The van der Waals surface area contributed by atoms with E-state index < -0.39 is 0 Å². The van der Waals surface area contributed by atoms with Gasteiger partial charge in [0.05, 0.1) is 0 Å². The molecule has 34 heavy (non-hydrogen) atoms. The van der Waals surface area contributed by atoms with E-state index in [9.17, 15) is 9.59 Å². The summed E-state index contributed by atoms with van der Waals surface area (Å²) in [5.74, 6) is -0.617. The van der Waals surface area contributed by atoms with Gasteiger partial charge in [-0.25, -0.2) is 0 Å². The van der Waals surface area contributed by atoms with Gasteiger partial charge in [-0.15, -0.1) is 0 Å². The normalized spacial score (nSPS) is 16.4. The van der Waals surface area contributed by atoms with Crippen molar-refractivity contribution in [2.75, 3.05) is 4.90 Å². The van der Waals surface area contributed by atoms with Gasteiger partial charge in [0.25, 0.3) is 0 Å². The van der Waals surface area contributed by atoms with Gasteiger partial charge in [-0.3, -0.25) is 0 Å². The van der Waals surface area contributed by atoms with Gasteiger partial charge >= 0.3 is 217 Å². The first kappa shape index (κ1) is 19.6. The van der Waals surface area contributed by atoms with Gasteiger partial charge in [-0.1, -0.05) is 0 Å². The molecule has 0 unspecified atom stereocenters. The summed E-state index contributed by atoms with van der Waals surface area (Å²) in [5, 5.41) is 1.02. The number of fused-ring (bicyclic) bond motifs is 4. The molecule has 3 nitrogen and oxygen atoms in total. The molecule has 2 aromatic heterocycles. The van der Waals surface area contributed by atoms with Crippen LogP contribution in [0.5, 0.6) is 0 Å². The number of hydrogen-bond acceptors (Lipinski definition) is 3. The van der Waals surface area contributed by atoms with Crippen LogP contribution >= 0.6 is 0 Å². The average molecular weight is 635 g/mol. The Morgan fingerprint density at radius 2 is 1.47 bits per heavy atom. The van der Waals surface area contributed by atoms with Crippen LogP contribution in [0.25, 0.3) is 15.7 Å². The van der Waals surface area contributed by atoms with E-state index >= 15 is 0 Å². The van der Waals surface area contributed by atoms with Crippen molar-refractivity contribution in [1.82, 2.24) is 0 Å². The Morgan fingerprint density at radius 1 is 0.794 bits per heavy atom. The van der Waals surface area contributed by atoms with Crippen molar-refractivity contribution >= 4 is 96.1 Å². The monoisotopic (exact) mass is 638 g/mol. The number of ketones is 2. The van der Waals surface area contributed by atoms with Crippen LogP contribution in [-0.2, 0) is 0 Å². The molecule has 1 aliphatic heterocycles. The van der Waals surface area contributed by atoms with Crippen molar-refractivity contribution in [1.29, 1.82) is 0 Å². The van der Waals surface area contributed by atoms with Crippen LogP contribution in [0.2, 0.25) is 0 Å². The van der Waals surface area contributed by atoms with E-state index in [1.165, 1.54) is 20.3 Å². The third-order valence-electron chi connectivity index (χ3n) is 6.03.